The van der Waals surface area contributed by atoms with Crippen molar-refractivity contribution in [2.24, 2.45) is 5.73 Å². The zero-order chi connectivity index (χ0) is 17.2. The smallest absolute Gasteiger partial charge is 0.241 e. The lowest BCUT2D eigenvalue weighted by Crippen LogP contribution is -2.28. The van der Waals surface area contributed by atoms with Gasteiger partial charge in [0.1, 0.15) is 0 Å². The van der Waals surface area contributed by atoms with Crippen LogP contribution in [0, 0.1) is 0 Å². The molecule has 26 heavy (non-hydrogen) atoms. The van der Waals surface area contributed by atoms with Gasteiger partial charge in [-0.3, -0.25) is 4.90 Å². The van der Waals surface area contributed by atoms with Gasteiger partial charge in [-0.15, -0.1) is 12.4 Å². The SMILES string of the molecule is Cl.N[C@@H]1CN(Cc2nc(-c3ccc(Cl)cc3)no2)C[C@H]1c1ccccc1. The second-order valence-corrected chi connectivity index (χ2v) is 6.83. The first-order valence-electron chi connectivity index (χ1n) is 8.30. The molecule has 1 aromatic heterocycles. The summed E-state index contributed by atoms with van der Waals surface area (Å²) in [6.45, 7) is 2.32. The molecule has 1 aliphatic rings. The fourth-order valence-corrected chi connectivity index (χ4v) is 3.45. The third kappa shape index (κ3) is 4.07. The van der Waals surface area contributed by atoms with Crippen molar-refractivity contribution in [3.63, 3.8) is 0 Å². The predicted molar refractivity (Wildman–Crippen MR) is 104 cm³/mol. The van der Waals surface area contributed by atoms with Crippen LogP contribution < -0.4 is 5.73 Å². The molecule has 2 aromatic carbocycles. The fourth-order valence-electron chi connectivity index (χ4n) is 3.32. The standard InChI is InChI=1S/C19H19ClN4O.ClH/c20-15-8-6-14(7-9-15)19-22-18(25-23-19)12-24-10-16(17(21)11-24)13-4-2-1-3-5-13;/h1-9,16-17H,10-12,21H2;1H/t16-,17+;/m0./s1. The van der Waals surface area contributed by atoms with Gasteiger partial charge in [-0.05, 0) is 29.8 Å². The molecule has 0 radical (unpaired) electrons. The average Bonchev–Trinajstić information content (AvgIpc) is 3.23. The van der Waals surface area contributed by atoms with E-state index in [1.807, 2.05) is 30.3 Å². The van der Waals surface area contributed by atoms with Crippen LogP contribution >= 0.6 is 24.0 Å². The van der Waals surface area contributed by atoms with E-state index >= 15 is 0 Å². The maximum absolute atomic E-state index is 6.34. The number of benzene rings is 2. The lowest BCUT2D eigenvalue weighted by Gasteiger charge is -2.14. The van der Waals surface area contributed by atoms with E-state index in [-0.39, 0.29) is 18.4 Å². The van der Waals surface area contributed by atoms with Gasteiger partial charge in [0, 0.05) is 35.6 Å². The third-order valence-electron chi connectivity index (χ3n) is 4.60. The summed E-state index contributed by atoms with van der Waals surface area (Å²) in [6.07, 6.45) is 0. The molecule has 1 saturated heterocycles. The Bertz CT molecular complexity index is 838. The van der Waals surface area contributed by atoms with E-state index in [2.05, 4.69) is 39.3 Å². The Morgan fingerprint density at radius 3 is 2.54 bits per heavy atom. The number of rotatable bonds is 4. The van der Waals surface area contributed by atoms with Crippen molar-refractivity contribution < 1.29 is 4.52 Å². The van der Waals surface area contributed by atoms with Crippen LogP contribution in [0.4, 0.5) is 0 Å². The molecular weight excluding hydrogens is 371 g/mol. The van der Waals surface area contributed by atoms with Crippen molar-refractivity contribution in [3.8, 4) is 11.4 Å². The van der Waals surface area contributed by atoms with Crippen LogP contribution in [0.3, 0.4) is 0 Å². The minimum atomic E-state index is 0. The Balaban J connectivity index is 0.00000196. The Morgan fingerprint density at radius 2 is 1.81 bits per heavy atom. The highest BCUT2D eigenvalue weighted by Gasteiger charge is 2.32. The van der Waals surface area contributed by atoms with Crippen molar-refractivity contribution in [3.05, 3.63) is 71.1 Å². The second-order valence-electron chi connectivity index (χ2n) is 6.39. The highest BCUT2D eigenvalue weighted by molar-refractivity contribution is 6.30. The van der Waals surface area contributed by atoms with Gasteiger partial charge in [-0.25, -0.2) is 0 Å². The molecule has 136 valence electrons. The van der Waals surface area contributed by atoms with E-state index in [1.165, 1.54) is 5.56 Å². The summed E-state index contributed by atoms with van der Waals surface area (Å²) in [5.74, 6) is 1.51. The fraction of sp³-hybridized carbons (Fsp3) is 0.263. The van der Waals surface area contributed by atoms with Gasteiger partial charge >= 0.3 is 0 Å². The number of aromatic nitrogens is 2. The largest absolute Gasteiger partial charge is 0.338 e. The average molecular weight is 391 g/mol. The number of halogens is 2. The summed E-state index contributed by atoms with van der Waals surface area (Å²) >= 11 is 5.91. The van der Waals surface area contributed by atoms with E-state index < -0.39 is 0 Å². The summed E-state index contributed by atoms with van der Waals surface area (Å²) in [5.41, 5.74) is 8.52. The van der Waals surface area contributed by atoms with Gasteiger partial charge < -0.3 is 10.3 Å². The maximum atomic E-state index is 6.34. The summed E-state index contributed by atoms with van der Waals surface area (Å²) in [4.78, 5) is 6.76. The second kappa shape index (κ2) is 8.18. The molecule has 2 atom stereocenters. The van der Waals surface area contributed by atoms with Crippen LogP contribution in [0.1, 0.15) is 17.4 Å². The number of hydrogen-bond acceptors (Lipinski definition) is 5. The Hall–Kier alpha value is -1.92. The van der Waals surface area contributed by atoms with Crippen LogP contribution in [0.15, 0.2) is 59.1 Å². The van der Waals surface area contributed by atoms with Crippen molar-refractivity contribution in [1.82, 2.24) is 15.0 Å². The molecule has 0 aliphatic carbocycles. The first kappa shape index (κ1) is 18.9. The molecule has 0 unspecified atom stereocenters. The third-order valence-corrected chi connectivity index (χ3v) is 4.85. The minimum Gasteiger partial charge on any atom is -0.338 e. The van der Waals surface area contributed by atoms with E-state index in [0.717, 1.165) is 18.7 Å². The zero-order valence-corrected chi connectivity index (χ0v) is 15.7. The number of nitrogens with two attached hydrogens (primary N) is 1. The molecule has 2 heterocycles. The molecule has 4 rings (SSSR count). The molecule has 0 saturated carbocycles. The van der Waals surface area contributed by atoms with E-state index in [1.54, 1.807) is 0 Å². The molecular formula is C19H20Cl2N4O. The Morgan fingerprint density at radius 1 is 1.08 bits per heavy atom. The molecule has 1 fully saturated rings. The zero-order valence-electron chi connectivity index (χ0n) is 14.1. The Labute approximate surface area is 163 Å². The first-order valence-corrected chi connectivity index (χ1v) is 8.68. The number of likely N-dealkylation sites (tertiary alicyclic amines) is 1. The molecule has 0 spiro atoms. The van der Waals surface area contributed by atoms with Gasteiger partial charge in [0.15, 0.2) is 0 Å². The van der Waals surface area contributed by atoms with E-state index in [4.69, 9.17) is 21.9 Å². The lowest BCUT2D eigenvalue weighted by molar-refractivity contribution is 0.264. The summed E-state index contributed by atoms with van der Waals surface area (Å²) < 4.78 is 5.41. The summed E-state index contributed by atoms with van der Waals surface area (Å²) in [7, 11) is 0. The van der Waals surface area contributed by atoms with Crippen LogP contribution in [0.25, 0.3) is 11.4 Å². The van der Waals surface area contributed by atoms with Crippen LogP contribution in [-0.4, -0.2) is 34.2 Å². The molecule has 5 nitrogen and oxygen atoms in total. The van der Waals surface area contributed by atoms with Crippen LogP contribution in [0.2, 0.25) is 5.02 Å². The Kier molecular flexibility index (Phi) is 5.94. The topological polar surface area (TPSA) is 68.2 Å². The normalized spacial score (nSPS) is 20.1. The monoisotopic (exact) mass is 390 g/mol. The first-order chi connectivity index (χ1) is 12.2. The van der Waals surface area contributed by atoms with Gasteiger partial charge in [0.05, 0.1) is 6.54 Å². The molecule has 0 bridgehead atoms. The summed E-state index contributed by atoms with van der Waals surface area (Å²) in [5, 5.41) is 4.75. The quantitative estimate of drug-likeness (QED) is 0.734. The molecule has 0 amide bonds. The molecule has 1 aliphatic heterocycles. The highest BCUT2D eigenvalue weighted by atomic mass is 35.5. The number of hydrogen-bond donors (Lipinski definition) is 1. The van der Waals surface area contributed by atoms with Gasteiger partial charge in [-0.2, -0.15) is 4.98 Å². The van der Waals surface area contributed by atoms with Crippen LogP contribution in [-0.2, 0) is 6.54 Å². The van der Waals surface area contributed by atoms with Crippen molar-refractivity contribution >= 4 is 24.0 Å². The van der Waals surface area contributed by atoms with Crippen molar-refractivity contribution in [2.75, 3.05) is 13.1 Å². The van der Waals surface area contributed by atoms with E-state index in [0.29, 0.717) is 29.2 Å². The minimum absolute atomic E-state index is 0. The van der Waals surface area contributed by atoms with Crippen LogP contribution in [0.5, 0.6) is 0 Å². The predicted octanol–water partition coefficient (Wildman–Crippen LogP) is 3.74. The molecule has 3 aromatic rings. The van der Waals surface area contributed by atoms with Gasteiger partial charge in [0.2, 0.25) is 11.7 Å². The number of nitrogens with zero attached hydrogens (tertiary/aromatic N) is 3. The van der Waals surface area contributed by atoms with Gasteiger partial charge in [-0.1, -0.05) is 47.1 Å². The van der Waals surface area contributed by atoms with Crippen molar-refractivity contribution in [2.45, 2.75) is 18.5 Å². The maximum Gasteiger partial charge on any atom is 0.241 e. The molecule has 7 heteroatoms. The van der Waals surface area contributed by atoms with Gasteiger partial charge in [0.25, 0.3) is 0 Å². The highest BCUT2D eigenvalue weighted by Crippen LogP contribution is 2.27. The molecule has 2 N–H and O–H groups in total. The van der Waals surface area contributed by atoms with E-state index in [9.17, 15) is 0 Å². The lowest BCUT2D eigenvalue weighted by atomic mass is 9.95. The summed E-state index contributed by atoms with van der Waals surface area (Å²) in [6, 6.07) is 17.9. The van der Waals surface area contributed by atoms with Crippen molar-refractivity contribution in [1.29, 1.82) is 0 Å².